The number of rotatable bonds is 4. The van der Waals surface area contributed by atoms with Crippen molar-refractivity contribution in [3.05, 3.63) is 104 Å². The van der Waals surface area contributed by atoms with E-state index in [0.717, 1.165) is 10.3 Å². The summed E-state index contributed by atoms with van der Waals surface area (Å²) in [5.41, 5.74) is 1.90. The van der Waals surface area contributed by atoms with Crippen LogP contribution >= 0.6 is 34.5 Å². The van der Waals surface area contributed by atoms with Crippen LogP contribution in [0.4, 0.5) is 10.8 Å². The van der Waals surface area contributed by atoms with E-state index in [-0.39, 0.29) is 11.4 Å². The monoisotopic (exact) mass is 494 g/mol. The van der Waals surface area contributed by atoms with Gasteiger partial charge >= 0.3 is 0 Å². The van der Waals surface area contributed by atoms with E-state index in [2.05, 4.69) is 9.98 Å². The minimum Gasteiger partial charge on any atom is -0.266 e. The number of nitrogens with zero attached hydrogens (tertiary/aromatic N) is 4. The average Bonchev–Trinajstić information content (AvgIpc) is 3.35. The first-order valence-corrected chi connectivity index (χ1v) is 11.2. The van der Waals surface area contributed by atoms with Gasteiger partial charge in [0, 0.05) is 17.7 Å². The summed E-state index contributed by atoms with van der Waals surface area (Å²) in [5, 5.41) is 12.3. The van der Waals surface area contributed by atoms with E-state index in [0.29, 0.717) is 32.1 Å². The van der Waals surface area contributed by atoms with Gasteiger partial charge in [-0.15, -0.1) is 0 Å². The van der Waals surface area contributed by atoms with Crippen molar-refractivity contribution >= 4 is 73.4 Å². The van der Waals surface area contributed by atoms with Gasteiger partial charge in [-0.05, 0) is 23.8 Å². The Balaban J connectivity index is 1.63. The molecular weight excluding hydrogens is 483 g/mol. The lowest BCUT2D eigenvalue weighted by Gasteiger charge is -2.14. The van der Waals surface area contributed by atoms with Gasteiger partial charge < -0.3 is 0 Å². The zero-order chi connectivity index (χ0) is 23.1. The number of thiazole rings is 1. The highest BCUT2D eigenvalue weighted by Crippen LogP contribution is 2.37. The first-order valence-electron chi connectivity index (χ1n) is 9.61. The van der Waals surface area contributed by atoms with Crippen LogP contribution < -0.4 is 4.90 Å². The van der Waals surface area contributed by atoms with E-state index in [9.17, 15) is 14.9 Å². The van der Waals surface area contributed by atoms with Crippen molar-refractivity contribution < 1.29 is 9.72 Å². The fraction of sp³-hybridized carbons (Fsp3) is 0. The quantitative estimate of drug-likeness (QED) is 0.188. The molecule has 4 aromatic rings. The fourth-order valence-electron chi connectivity index (χ4n) is 3.37. The van der Waals surface area contributed by atoms with Crippen LogP contribution in [0.5, 0.6) is 0 Å². The highest BCUT2D eigenvalue weighted by atomic mass is 35.5. The van der Waals surface area contributed by atoms with Crippen LogP contribution in [-0.2, 0) is 4.79 Å². The minimum absolute atomic E-state index is 0.0705. The molecule has 2 heterocycles. The molecule has 1 amide bonds. The Hall–Kier alpha value is -3.59. The van der Waals surface area contributed by atoms with Crippen molar-refractivity contribution in [2.24, 2.45) is 4.99 Å². The molecule has 10 heteroatoms. The number of aromatic nitrogens is 1. The Morgan fingerprint density at radius 1 is 1.00 bits per heavy atom. The van der Waals surface area contributed by atoms with Crippen molar-refractivity contribution in [1.29, 1.82) is 0 Å². The fourth-order valence-corrected chi connectivity index (χ4v) is 4.74. The summed E-state index contributed by atoms with van der Waals surface area (Å²) in [6, 6.07) is 18.6. The molecule has 1 aliphatic heterocycles. The lowest BCUT2D eigenvalue weighted by molar-refractivity contribution is -0.384. The molecule has 1 aliphatic rings. The van der Waals surface area contributed by atoms with Crippen LogP contribution in [-0.4, -0.2) is 21.7 Å². The number of carbonyl (C=O) groups excluding carboxylic acids is 1. The Bertz CT molecular complexity index is 1460. The number of halogens is 2. The molecule has 0 N–H and O–H groups in total. The number of nitro groups is 1. The summed E-state index contributed by atoms with van der Waals surface area (Å²) in [5.74, 6) is 0.0186. The molecule has 0 saturated carbocycles. The molecule has 7 nitrogen and oxygen atoms in total. The molecule has 0 spiro atoms. The van der Waals surface area contributed by atoms with Gasteiger partial charge in [0.1, 0.15) is 11.5 Å². The highest BCUT2D eigenvalue weighted by molar-refractivity contribution is 7.22. The Labute approximate surface area is 201 Å². The molecule has 0 aliphatic carbocycles. The predicted molar refractivity (Wildman–Crippen MR) is 131 cm³/mol. The number of anilines is 1. The third-order valence-electron chi connectivity index (χ3n) is 4.89. The maximum Gasteiger partial charge on any atom is 0.284 e. The Morgan fingerprint density at radius 3 is 2.52 bits per heavy atom. The lowest BCUT2D eigenvalue weighted by atomic mass is 10.1. The van der Waals surface area contributed by atoms with E-state index in [1.54, 1.807) is 24.3 Å². The van der Waals surface area contributed by atoms with Crippen LogP contribution in [0.3, 0.4) is 0 Å². The van der Waals surface area contributed by atoms with E-state index < -0.39 is 10.8 Å². The number of benzene rings is 3. The third kappa shape index (κ3) is 4.00. The topological polar surface area (TPSA) is 88.7 Å². The summed E-state index contributed by atoms with van der Waals surface area (Å²) >= 11 is 13.6. The molecule has 3 aromatic carbocycles. The van der Waals surface area contributed by atoms with Gasteiger partial charge in [0.2, 0.25) is 0 Å². The maximum atomic E-state index is 13.4. The van der Waals surface area contributed by atoms with Crippen molar-refractivity contribution in [3.63, 3.8) is 0 Å². The average molecular weight is 495 g/mol. The largest absolute Gasteiger partial charge is 0.284 e. The number of hydrogen-bond acceptors (Lipinski definition) is 6. The van der Waals surface area contributed by atoms with E-state index in [4.69, 9.17) is 23.2 Å². The van der Waals surface area contributed by atoms with Crippen molar-refractivity contribution in [1.82, 2.24) is 4.98 Å². The van der Waals surface area contributed by atoms with Gasteiger partial charge in [0.05, 0.1) is 25.2 Å². The number of aliphatic imine (C=N–C) groups is 1. The minimum atomic E-state index is -0.485. The zero-order valence-corrected chi connectivity index (χ0v) is 18.9. The molecule has 1 aromatic heterocycles. The van der Waals surface area contributed by atoms with Crippen LogP contribution in [0.25, 0.3) is 16.3 Å². The SMILES string of the molecule is O=C1/C(=C/c2cccc([N+](=O)[O-])c2)N=C(c2ccccc2)N1c1nc2cc(Cl)c(Cl)cc2s1. The van der Waals surface area contributed by atoms with Crippen molar-refractivity contribution in [3.8, 4) is 0 Å². The van der Waals surface area contributed by atoms with E-state index in [1.165, 1.54) is 34.4 Å². The van der Waals surface area contributed by atoms with Crippen LogP contribution in [0, 0.1) is 10.1 Å². The summed E-state index contributed by atoms with van der Waals surface area (Å²) in [7, 11) is 0. The van der Waals surface area contributed by atoms with Crippen molar-refractivity contribution in [2.75, 3.05) is 4.90 Å². The molecule has 0 saturated heterocycles. The summed E-state index contributed by atoms with van der Waals surface area (Å²) < 4.78 is 0.774. The predicted octanol–water partition coefficient (Wildman–Crippen LogP) is 6.35. The van der Waals surface area contributed by atoms with Gasteiger partial charge in [0.25, 0.3) is 11.6 Å². The molecule has 5 rings (SSSR count). The van der Waals surface area contributed by atoms with Crippen LogP contribution in [0.15, 0.2) is 77.4 Å². The van der Waals surface area contributed by atoms with E-state index in [1.807, 2.05) is 30.3 Å². The van der Waals surface area contributed by atoms with Gasteiger partial charge in [0.15, 0.2) is 5.13 Å². The molecule has 0 bridgehead atoms. The molecule has 0 fully saturated rings. The van der Waals surface area contributed by atoms with Gasteiger partial charge in [-0.2, -0.15) is 0 Å². The highest BCUT2D eigenvalue weighted by Gasteiger charge is 2.34. The van der Waals surface area contributed by atoms with Crippen LogP contribution in [0.1, 0.15) is 11.1 Å². The lowest BCUT2D eigenvalue weighted by Crippen LogP contribution is -2.32. The summed E-state index contributed by atoms with van der Waals surface area (Å²) in [6.07, 6.45) is 1.53. The van der Waals surface area contributed by atoms with Gasteiger partial charge in [-0.25, -0.2) is 14.9 Å². The summed E-state index contributed by atoms with van der Waals surface area (Å²) in [4.78, 5) is 34.7. The second-order valence-electron chi connectivity index (χ2n) is 7.05. The normalized spacial score (nSPS) is 14.8. The third-order valence-corrected chi connectivity index (χ3v) is 6.61. The second kappa shape index (κ2) is 8.40. The summed E-state index contributed by atoms with van der Waals surface area (Å²) in [6.45, 7) is 0. The molecule has 0 radical (unpaired) electrons. The number of carbonyl (C=O) groups is 1. The second-order valence-corrected chi connectivity index (χ2v) is 8.88. The first-order chi connectivity index (χ1) is 15.9. The van der Waals surface area contributed by atoms with E-state index >= 15 is 0 Å². The number of amides is 1. The van der Waals surface area contributed by atoms with Crippen molar-refractivity contribution in [2.45, 2.75) is 0 Å². The number of nitro benzene ring substituents is 1. The van der Waals surface area contributed by atoms with Crippen LogP contribution in [0.2, 0.25) is 10.0 Å². The zero-order valence-electron chi connectivity index (χ0n) is 16.6. The van der Waals surface area contributed by atoms with Gasteiger partial charge in [-0.3, -0.25) is 14.9 Å². The number of hydrogen-bond donors (Lipinski definition) is 0. The standard InChI is InChI=1S/C23H12Cl2N4O3S/c24-16-11-18-20(12-17(16)25)33-23(27-18)28-21(14-6-2-1-3-7-14)26-19(22(28)30)10-13-5-4-8-15(9-13)29(31)32/h1-12H/b19-10-. The number of amidine groups is 1. The molecule has 162 valence electrons. The first kappa shape index (κ1) is 21.3. The Kier molecular flexibility index (Phi) is 5.41. The number of non-ortho nitro benzene ring substituents is 1. The van der Waals surface area contributed by atoms with Gasteiger partial charge in [-0.1, -0.05) is 77.0 Å². The maximum absolute atomic E-state index is 13.4. The smallest absolute Gasteiger partial charge is 0.266 e. The molecule has 0 unspecified atom stereocenters. The molecule has 0 atom stereocenters. The Morgan fingerprint density at radius 2 is 1.76 bits per heavy atom. The molecular formula is C23H12Cl2N4O3S. The number of fused-ring (bicyclic) bond motifs is 1. The molecule has 33 heavy (non-hydrogen) atoms.